The van der Waals surface area contributed by atoms with Crippen LogP contribution in [-0.2, 0) is 11.1 Å². The molecule has 0 aliphatic heterocycles. The standard InChI is InChI=1S/C10H12O2S/c1-2-3-4-9-5-7-10(8-6-9)13(11)12/h3-8H,2H2,1H3,(H,11,12)/b4-3+. The van der Waals surface area contributed by atoms with Gasteiger partial charge in [-0.15, -0.1) is 0 Å². The van der Waals surface area contributed by atoms with Crippen LogP contribution in [0.15, 0.2) is 35.2 Å². The third-order valence-electron chi connectivity index (χ3n) is 1.63. The Kier molecular flexibility index (Phi) is 3.86. The lowest BCUT2D eigenvalue weighted by molar-refractivity contribution is 0.564. The van der Waals surface area contributed by atoms with E-state index in [1.165, 1.54) is 0 Å². The van der Waals surface area contributed by atoms with Crippen molar-refractivity contribution in [1.29, 1.82) is 0 Å². The van der Waals surface area contributed by atoms with Crippen LogP contribution in [-0.4, -0.2) is 8.76 Å². The molecular formula is C10H12O2S. The minimum Gasteiger partial charge on any atom is -0.302 e. The molecule has 0 saturated heterocycles. The van der Waals surface area contributed by atoms with Gasteiger partial charge in [-0.2, -0.15) is 0 Å². The van der Waals surface area contributed by atoms with Crippen LogP contribution in [0.5, 0.6) is 0 Å². The second-order valence-corrected chi connectivity index (χ2v) is 3.60. The number of rotatable bonds is 3. The molecule has 70 valence electrons. The van der Waals surface area contributed by atoms with Gasteiger partial charge in [-0.25, -0.2) is 4.21 Å². The maximum atomic E-state index is 10.6. The first-order valence-corrected chi connectivity index (χ1v) is 5.22. The van der Waals surface area contributed by atoms with Crippen molar-refractivity contribution in [3.05, 3.63) is 35.9 Å². The summed E-state index contributed by atoms with van der Waals surface area (Å²) in [4.78, 5) is 0.439. The molecule has 2 nitrogen and oxygen atoms in total. The molecule has 1 aromatic rings. The Morgan fingerprint density at radius 2 is 2.00 bits per heavy atom. The zero-order chi connectivity index (χ0) is 9.68. The van der Waals surface area contributed by atoms with Crippen molar-refractivity contribution >= 4 is 17.2 Å². The van der Waals surface area contributed by atoms with E-state index in [1.807, 2.05) is 24.3 Å². The third kappa shape index (κ3) is 3.13. The lowest BCUT2D eigenvalue weighted by Crippen LogP contribution is -1.86. The molecule has 3 heteroatoms. The van der Waals surface area contributed by atoms with Crippen molar-refractivity contribution in [3.63, 3.8) is 0 Å². The van der Waals surface area contributed by atoms with Gasteiger partial charge in [0, 0.05) is 0 Å². The van der Waals surface area contributed by atoms with Crippen molar-refractivity contribution in [2.75, 3.05) is 0 Å². The van der Waals surface area contributed by atoms with Gasteiger partial charge < -0.3 is 4.55 Å². The van der Waals surface area contributed by atoms with E-state index in [2.05, 4.69) is 6.92 Å². The maximum absolute atomic E-state index is 10.6. The molecule has 1 atom stereocenters. The van der Waals surface area contributed by atoms with Crippen LogP contribution >= 0.6 is 0 Å². The van der Waals surface area contributed by atoms with E-state index in [0.29, 0.717) is 4.90 Å². The van der Waals surface area contributed by atoms with Crippen LogP contribution in [0.1, 0.15) is 18.9 Å². The topological polar surface area (TPSA) is 37.3 Å². The molecule has 0 radical (unpaired) electrons. The number of benzene rings is 1. The van der Waals surface area contributed by atoms with E-state index >= 15 is 0 Å². The molecule has 0 fully saturated rings. The Bertz CT molecular complexity index is 314. The quantitative estimate of drug-likeness (QED) is 0.755. The summed E-state index contributed by atoms with van der Waals surface area (Å²) in [5.74, 6) is 0. The summed E-state index contributed by atoms with van der Waals surface area (Å²) in [5, 5.41) is 0. The van der Waals surface area contributed by atoms with Gasteiger partial charge in [-0.05, 0) is 24.1 Å². The largest absolute Gasteiger partial charge is 0.302 e. The van der Waals surface area contributed by atoms with E-state index in [0.717, 1.165) is 12.0 Å². The minimum absolute atomic E-state index is 0.439. The summed E-state index contributed by atoms with van der Waals surface area (Å²) in [6, 6.07) is 6.97. The van der Waals surface area contributed by atoms with Crippen LogP contribution in [0.2, 0.25) is 0 Å². The lowest BCUT2D eigenvalue weighted by Gasteiger charge is -1.95. The highest BCUT2D eigenvalue weighted by Crippen LogP contribution is 2.08. The highest BCUT2D eigenvalue weighted by atomic mass is 32.2. The summed E-state index contributed by atoms with van der Waals surface area (Å²) in [6.07, 6.45) is 5.03. The molecule has 0 amide bonds. The predicted octanol–water partition coefficient (Wildman–Crippen LogP) is 2.69. The second-order valence-electron chi connectivity index (χ2n) is 2.63. The van der Waals surface area contributed by atoms with Gasteiger partial charge in [0.05, 0.1) is 4.90 Å². The Morgan fingerprint density at radius 3 is 2.46 bits per heavy atom. The van der Waals surface area contributed by atoms with E-state index in [4.69, 9.17) is 4.55 Å². The zero-order valence-electron chi connectivity index (χ0n) is 7.43. The molecule has 13 heavy (non-hydrogen) atoms. The highest BCUT2D eigenvalue weighted by molar-refractivity contribution is 7.79. The van der Waals surface area contributed by atoms with Crippen molar-refractivity contribution < 1.29 is 8.76 Å². The molecule has 0 heterocycles. The van der Waals surface area contributed by atoms with Crippen molar-refractivity contribution in [2.24, 2.45) is 0 Å². The predicted molar refractivity (Wildman–Crippen MR) is 54.8 cm³/mol. The average molecular weight is 196 g/mol. The maximum Gasteiger partial charge on any atom is 0.186 e. The molecule has 1 aromatic carbocycles. The summed E-state index contributed by atoms with van der Waals surface area (Å²) < 4.78 is 19.4. The second kappa shape index (κ2) is 4.94. The fourth-order valence-electron chi connectivity index (χ4n) is 0.949. The van der Waals surface area contributed by atoms with E-state index < -0.39 is 11.1 Å². The third-order valence-corrected chi connectivity index (χ3v) is 2.30. The van der Waals surface area contributed by atoms with Gasteiger partial charge in [-0.3, -0.25) is 0 Å². The number of allylic oxidation sites excluding steroid dienone is 1. The van der Waals surface area contributed by atoms with E-state index in [1.54, 1.807) is 12.1 Å². The van der Waals surface area contributed by atoms with Gasteiger partial charge in [0.2, 0.25) is 0 Å². The molecular weight excluding hydrogens is 184 g/mol. The van der Waals surface area contributed by atoms with Crippen LogP contribution in [0.4, 0.5) is 0 Å². The van der Waals surface area contributed by atoms with E-state index in [-0.39, 0.29) is 0 Å². The monoisotopic (exact) mass is 196 g/mol. The molecule has 0 spiro atoms. The SMILES string of the molecule is CC/C=C/c1ccc(S(=O)O)cc1. The summed E-state index contributed by atoms with van der Waals surface area (Å²) in [7, 11) is 0. The Hall–Kier alpha value is -0.930. The lowest BCUT2D eigenvalue weighted by atomic mass is 10.2. The van der Waals surface area contributed by atoms with Gasteiger partial charge in [0.15, 0.2) is 11.1 Å². The van der Waals surface area contributed by atoms with Crippen LogP contribution in [0.25, 0.3) is 6.08 Å². The first-order valence-electron chi connectivity index (χ1n) is 4.11. The molecule has 0 aliphatic carbocycles. The smallest absolute Gasteiger partial charge is 0.186 e. The summed E-state index contributed by atoms with van der Waals surface area (Å²) >= 11 is -1.87. The number of hydrogen-bond donors (Lipinski definition) is 1. The Balaban J connectivity index is 2.81. The van der Waals surface area contributed by atoms with Gasteiger partial charge >= 0.3 is 0 Å². The van der Waals surface area contributed by atoms with Crippen LogP contribution < -0.4 is 0 Å². The fraction of sp³-hybridized carbons (Fsp3) is 0.200. The zero-order valence-corrected chi connectivity index (χ0v) is 8.25. The molecule has 0 bridgehead atoms. The normalized spacial score (nSPS) is 13.4. The molecule has 0 aromatic heterocycles. The van der Waals surface area contributed by atoms with Gasteiger partial charge in [0.1, 0.15) is 0 Å². The number of hydrogen-bond acceptors (Lipinski definition) is 1. The molecule has 0 saturated carbocycles. The average Bonchev–Trinajstić information content (AvgIpc) is 2.15. The molecule has 1 rings (SSSR count). The van der Waals surface area contributed by atoms with Crippen molar-refractivity contribution in [1.82, 2.24) is 0 Å². The van der Waals surface area contributed by atoms with Gasteiger partial charge in [-0.1, -0.05) is 31.2 Å². The molecule has 1 unspecified atom stereocenters. The van der Waals surface area contributed by atoms with Crippen molar-refractivity contribution in [3.8, 4) is 0 Å². The summed E-state index contributed by atoms with van der Waals surface area (Å²) in [6.45, 7) is 2.06. The Morgan fingerprint density at radius 1 is 1.38 bits per heavy atom. The van der Waals surface area contributed by atoms with Crippen molar-refractivity contribution in [2.45, 2.75) is 18.2 Å². The minimum atomic E-state index is -1.87. The summed E-state index contributed by atoms with van der Waals surface area (Å²) in [5.41, 5.74) is 1.05. The first kappa shape index (κ1) is 10.2. The molecule has 1 N–H and O–H groups in total. The molecule has 0 aliphatic rings. The van der Waals surface area contributed by atoms with Crippen LogP contribution in [0, 0.1) is 0 Å². The highest BCUT2D eigenvalue weighted by Gasteiger charge is 1.96. The van der Waals surface area contributed by atoms with E-state index in [9.17, 15) is 4.21 Å². The fourth-order valence-corrected chi connectivity index (χ4v) is 1.32. The first-order chi connectivity index (χ1) is 6.24. The van der Waals surface area contributed by atoms with Crippen LogP contribution in [0.3, 0.4) is 0 Å². The Labute approximate surface area is 80.6 Å². The van der Waals surface area contributed by atoms with Gasteiger partial charge in [0.25, 0.3) is 0 Å².